The maximum Gasteiger partial charge on any atom is 0.259 e. The van der Waals surface area contributed by atoms with E-state index in [9.17, 15) is 0 Å². The molecule has 0 aliphatic heterocycles. The van der Waals surface area contributed by atoms with E-state index in [0.29, 0.717) is 23.9 Å². The first-order valence-electron chi connectivity index (χ1n) is 17.4. The Bertz CT molecular complexity index is 2020. The molecule has 0 atom stereocenters. The summed E-state index contributed by atoms with van der Waals surface area (Å²) in [4.78, 5) is 30.6. The Morgan fingerprint density at radius 3 is 0.958 bits per heavy atom. The lowest BCUT2D eigenvalue weighted by atomic mass is 9.88. The van der Waals surface area contributed by atoms with E-state index in [-0.39, 0.29) is 11.1 Å². The van der Waals surface area contributed by atoms with Crippen LogP contribution in [0.4, 0.5) is 0 Å². The molecule has 0 aliphatic rings. The molecule has 4 nitrogen and oxygen atoms in total. The average molecular weight is 635 g/mol. The van der Waals surface area contributed by atoms with Crippen LogP contribution in [0.3, 0.4) is 0 Å². The van der Waals surface area contributed by atoms with Crippen LogP contribution in [0.5, 0.6) is 0 Å². The van der Waals surface area contributed by atoms with Crippen LogP contribution in [0.15, 0.2) is 107 Å². The van der Waals surface area contributed by atoms with Crippen molar-refractivity contribution in [2.75, 3.05) is 0 Å². The summed E-state index contributed by atoms with van der Waals surface area (Å²) in [5, 5.41) is 0.990. The summed E-state index contributed by atoms with van der Waals surface area (Å²) in [5.74, 6) is 0. The number of rotatable bonds is 10. The predicted octanol–water partition coefficient (Wildman–Crippen LogP) is 10.7. The molecule has 4 aromatic carbocycles. The first-order valence-corrected chi connectivity index (χ1v) is 17.4. The van der Waals surface area contributed by atoms with Crippen LogP contribution in [0.1, 0.15) is 61.8 Å². The molecule has 0 bridgehead atoms. The summed E-state index contributed by atoms with van der Waals surface area (Å²) in [6.45, 7) is 13.7. The fraction of sp³-hybridized carbons (Fsp3) is 0.273. The third-order valence-corrected chi connectivity index (χ3v) is 9.48. The highest BCUT2D eigenvalue weighted by Gasteiger charge is 2.28. The molecule has 0 aliphatic carbocycles. The SMILES string of the molecule is CCCCn1c(-c2ccc(C)cc2)c(-c2ccc(C)cc2)c2c(=O)n(CCCC)c(-c3ccc(C)cc3)c(-c3ccc(C)cc3)c2c1=O. The van der Waals surface area contributed by atoms with Crippen molar-refractivity contribution < 1.29 is 0 Å². The summed E-state index contributed by atoms with van der Waals surface area (Å²) < 4.78 is 3.91. The van der Waals surface area contributed by atoms with Crippen molar-refractivity contribution in [3.63, 3.8) is 0 Å². The van der Waals surface area contributed by atoms with E-state index in [1.807, 2.05) is 9.13 Å². The Balaban J connectivity index is 1.94. The molecule has 244 valence electrons. The van der Waals surface area contributed by atoms with Crippen LogP contribution in [-0.2, 0) is 13.1 Å². The number of benzene rings is 4. The first kappa shape index (κ1) is 33.0. The standard InChI is InChI=1S/C44H46N2O2/c1-7-9-27-45-41(35-23-15-31(5)16-24-35)37(33-19-11-29(3)12-20-33)40-39(43(45)47)38(34-21-13-30(4)14-22-34)42(36-25-17-32(6)18-26-36)46(44(40)48)28-10-8-2/h11-26H,7-10,27-28H2,1-6H3. The van der Waals surface area contributed by atoms with Gasteiger partial charge < -0.3 is 9.13 Å². The van der Waals surface area contributed by atoms with Crippen molar-refractivity contribution in [2.45, 2.75) is 80.3 Å². The van der Waals surface area contributed by atoms with Gasteiger partial charge in [-0.3, -0.25) is 9.59 Å². The molecule has 0 amide bonds. The van der Waals surface area contributed by atoms with Gasteiger partial charge >= 0.3 is 0 Å². The van der Waals surface area contributed by atoms with Crippen molar-refractivity contribution in [1.29, 1.82) is 0 Å². The lowest BCUT2D eigenvalue weighted by Crippen LogP contribution is -2.30. The molecule has 6 aromatic rings. The predicted molar refractivity (Wildman–Crippen MR) is 203 cm³/mol. The van der Waals surface area contributed by atoms with Gasteiger partial charge in [-0.2, -0.15) is 0 Å². The molecule has 0 spiro atoms. The van der Waals surface area contributed by atoms with Gasteiger partial charge in [-0.25, -0.2) is 0 Å². The lowest BCUT2D eigenvalue weighted by Gasteiger charge is -2.25. The van der Waals surface area contributed by atoms with Crippen molar-refractivity contribution in [2.24, 2.45) is 0 Å². The zero-order chi connectivity index (χ0) is 33.9. The summed E-state index contributed by atoms with van der Waals surface area (Å²) in [7, 11) is 0. The average Bonchev–Trinajstić information content (AvgIpc) is 3.09. The number of aryl methyl sites for hydroxylation is 4. The minimum atomic E-state index is -0.117. The normalized spacial score (nSPS) is 11.4. The molecule has 2 aromatic heterocycles. The Labute approximate surface area is 284 Å². The van der Waals surface area contributed by atoms with E-state index in [4.69, 9.17) is 0 Å². The van der Waals surface area contributed by atoms with Crippen LogP contribution in [0.2, 0.25) is 0 Å². The Hall–Kier alpha value is -4.96. The lowest BCUT2D eigenvalue weighted by molar-refractivity contribution is 0.617. The van der Waals surface area contributed by atoms with Crippen LogP contribution >= 0.6 is 0 Å². The highest BCUT2D eigenvalue weighted by molar-refractivity contribution is 6.10. The molecule has 0 saturated heterocycles. The largest absolute Gasteiger partial charge is 0.307 e. The number of pyridine rings is 2. The van der Waals surface area contributed by atoms with Gasteiger partial charge in [0.2, 0.25) is 0 Å². The van der Waals surface area contributed by atoms with Gasteiger partial charge in [0.25, 0.3) is 11.1 Å². The van der Waals surface area contributed by atoms with Crippen molar-refractivity contribution in [3.8, 4) is 44.8 Å². The van der Waals surface area contributed by atoms with Gasteiger partial charge in [-0.05, 0) is 62.8 Å². The van der Waals surface area contributed by atoms with E-state index in [0.717, 1.165) is 92.7 Å². The van der Waals surface area contributed by atoms with Crippen LogP contribution in [0.25, 0.3) is 55.5 Å². The smallest absolute Gasteiger partial charge is 0.259 e. The zero-order valence-corrected chi connectivity index (χ0v) is 29.2. The van der Waals surface area contributed by atoms with Crippen LogP contribution < -0.4 is 11.1 Å². The quantitative estimate of drug-likeness (QED) is 0.150. The first-order chi connectivity index (χ1) is 23.2. The number of hydrogen-bond donors (Lipinski definition) is 0. The molecule has 0 radical (unpaired) electrons. The Kier molecular flexibility index (Phi) is 9.63. The topological polar surface area (TPSA) is 44.0 Å². The fourth-order valence-electron chi connectivity index (χ4n) is 6.74. The van der Waals surface area contributed by atoms with Gasteiger partial charge in [-0.1, -0.05) is 146 Å². The van der Waals surface area contributed by atoms with E-state index < -0.39 is 0 Å². The van der Waals surface area contributed by atoms with Gasteiger partial charge in [-0.15, -0.1) is 0 Å². The second-order valence-electron chi connectivity index (χ2n) is 13.3. The Morgan fingerprint density at radius 1 is 0.417 bits per heavy atom. The summed E-state index contributed by atoms with van der Waals surface area (Å²) in [6.07, 6.45) is 3.57. The third-order valence-electron chi connectivity index (χ3n) is 9.48. The van der Waals surface area contributed by atoms with E-state index in [1.165, 1.54) is 0 Å². The molecular formula is C44H46N2O2. The highest BCUT2D eigenvalue weighted by Crippen LogP contribution is 2.42. The number of aromatic nitrogens is 2. The third kappa shape index (κ3) is 6.20. The monoisotopic (exact) mass is 634 g/mol. The van der Waals surface area contributed by atoms with Crippen molar-refractivity contribution >= 4 is 10.8 Å². The minimum absolute atomic E-state index is 0.117. The van der Waals surface area contributed by atoms with Crippen molar-refractivity contribution in [1.82, 2.24) is 9.13 Å². The molecule has 0 saturated carbocycles. The highest BCUT2D eigenvalue weighted by atomic mass is 16.1. The van der Waals surface area contributed by atoms with Gasteiger partial charge in [0, 0.05) is 24.2 Å². The van der Waals surface area contributed by atoms with Crippen LogP contribution in [0, 0.1) is 27.7 Å². The minimum Gasteiger partial charge on any atom is -0.307 e. The zero-order valence-electron chi connectivity index (χ0n) is 29.2. The summed E-state index contributed by atoms with van der Waals surface area (Å²) >= 11 is 0. The number of hydrogen-bond acceptors (Lipinski definition) is 2. The fourth-order valence-corrected chi connectivity index (χ4v) is 6.74. The molecule has 0 unspecified atom stereocenters. The number of fused-ring (bicyclic) bond motifs is 1. The molecule has 0 N–H and O–H groups in total. The second kappa shape index (κ2) is 14.0. The molecular weight excluding hydrogens is 588 g/mol. The second-order valence-corrected chi connectivity index (χ2v) is 13.3. The van der Waals surface area contributed by atoms with Gasteiger partial charge in [0.1, 0.15) is 0 Å². The summed E-state index contributed by atoms with van der Waals surface area (Å²) in [6, 6.07) is 33.5. The maximum atomic E-state index is 15.3. The number of unbranched alkanes of at least 4 members (excludes halogenated alkanes) is 2. The van der Waals surface area contributed by atoms with E-state index >= 15 is 9.59 Å². The Morgan fingerprint density at radius 2 is 0.688 bits per heavy atom. The molecule has 0 fully saturated rings. The maximum absolute atomic E-state index is 15.3. The molecule has 6 rings (SSSR count). The molecule has 4 heteroatoms. The van der Waals surface area contributed by atoms with Gasteiger partial charge in [0.05, 0.1) is 22.2 Å². The number of nitrogens with zero attached hydrogens (tertiary/aromatic N) is 2. The summed E-state index contributed by atoms with van der Waals surface area (Å²) in [5.41, 5.74) is 11.3. The van der Waals surface area contributed by atoms with E-state index in [1.54, 1.807) is 0 Å². The van der Waals surface area contributed by atoms with Gasteiger partial charge in [0.15, 0.2) is 0 Å². The van der Waals surface area contributed by atoms with Crippen LogP contribution in [-0.4, -0.2) is 9.13 Å². The van der Waals surface area contributed by atoms with E-state index in [2.05, 4.69) is 139 Å². The van der Waals surface area contributed by atoms with Crippen molar-refractivity contribution in [3.05, 3.63) is 140 Å². The molecule has 2 heterocycles. The molecule has 48 heavy (non-hydrogen) atoms.